The molecular formula is C13H9F4N. The molecule has 0 saturated heterocycles. The first kappa shape index (κ1) is 12.6. The summed E-state index contributed by atoms with van der Waals surface area (Å²) in [6.45, 7) is 0. The molecule has 18 heavy (non-hydrogen) atoms. The molecule has 0 bridgehead atoms. The Morgan fingerprint density at radius 3 is 1.94 bits per heavy atom. The second kappa shape index (κ2) is 4.78. The first-order valence-electron chi connectivity index (χ1n) is 5.15. The van der Waals surface area contributed by atoms with Gasteiger partial charge in [0.25, 0.3) is 0 Å². The molecule has 0 fully saturated rings. The second-order valence-corrected chi connectivity index (χ2v) is 3.80. The average Bonchev–Trinajstić information content (AvgIpc) is 2.35. The predicted octanol–water partition coefficient (Wildman–Crippen LogP) is 3.29. The van der Waals surface area contributed by atoms with Crippen molar-refractivity contribution in [3.8, 4) is 0 Å². The highest BCUT2D eigenvalue weighted by atomic mass is 19.2. The number of benzene rings is 2. The maximum atomic E-state index is 13.5. The first-order chi connectivity index (χ1) is 8.50. The molecule has 2 aromatic carbocycles. The van der Waals surface area contributed by atoms with Crippen LogP contribution in [0, 0.1) is 23.3 Å². The molecule has 0 spiro atoms. The Hall–Kier alpha value is -1.88. The molecule has 5 heteroatoms. The van der Waals surface area contributed by atoms with Crippen molar-refractivity contribution < 1.29 is 17.6 Å². The highest BCUT2D eigenvalue weighted by Crippen LogP contribution is 2.24. The van der Waals surface area contributed by atoms with Gasteiger partial charge < -0.3 is 5.73 Å². The van der Waals surface area contributed by atoms with Gasteiger partial charge in [0.15, 0.2) is 17.5 Å². The fourth-order valence-electron chi connectivity index (χ4n) is 1.66. The van der Waals surface area contributed by atoms with Gasteiger partial charge in [-0.1, -0.05) is 18.2 Å². The van der Waals surface area contributed by atoms with E-state index in [2.05, 4.69) is 0 Å². The molecule has 2 N–H and O–H groups in total. The summed E-state index contributed by atoms with van der Waals surface area (Å²) in [6, 6.07) is 6.07. The van der Waals surface area contributed by atoms with Crippen LogP contribution < -0.4 is 5.73 Å². The lowest BCUT2D eigenvalue weighted by molar-refractivity contribution is 0.444. The highest BCUT2D eigenvalue weighted by molar-refractivity contribution is 5.33. The Labute approximate surface area is 101 Å². The van der Waals surface area contributed by atoms with Crippen LogP contribution in [0.25, 0.3) is 0 Å². The third-order valence-corrected chi connectivity index (χ3v) is 2.61. The van der Waals surface area contributed by atoms with Gasteiger partial charge in [-0.3, -0.25) is 0 Å². The number of halogens is 4. The molecule has 0 heterocycles. The van der Waals surface area contributed by atoms with Gasteiger partial charge in [-0.2, -0.15) is 0 Å². The number of rotatable bonds is 2. The number of hydrogen-bond acceptors (Lipinski definition) is 1. The fraction of sp³-hybridized carbons (Fsp3) is 0.0769. The van der Waals surface area contributed by atoms with Crippen LogP contribution in [0.2, 0.25) is 0 Å². The minimum Gasteiger partial charge on any atom is -0.320 e. The molecule has 0 aliphatic heterocycles. The third kappa shape index (κ3) is 2.22. The van der Waals surface area contributed by atoms with Crippen LogP contribution in [0.1, 0.15) is 17.2 Å². The smallest absolute Gasteiger partial charge is 0.194 e. The van der Waals surface area contributed by atoms with Crippen molar-refractivity contribution in [2.45, 2.75) is 6.04 Å². The van der Waals surface area contributed by atoms with Gasteiger partial charge >= 0.3 is 0 Å². The van der Waals surface area contributed by atoms with Gasteiger partial charge in [-0.05, 0) is 23.8 Å². The summed E-state index contributed by atoms with van der Waals surface area (Å²) >= 11 is 0. The fourth-order valence-corrected chi connectivity index (χ4v) is 1.66. The van der Waals surface area contributed by atoms with Crippen LogP contribution in [0.15, 0.2) is 36.4 Å². The topological polar surface area (TPSA) is 26.0 Å². The van der Waals surface area contributed by atoms with Crippen molar-refractivity contribution in [3.63, 3.8) is 0 Å². The van der Waals surface area contributed by atoms with E-state index >= 15 is 0 Å². The minimum absolute atomic E-state index is 0.0310. The molecule has 94 valence electrons. The predicted molar refractivity (Wildman–Crippen MR) is 58.7 cm³/mol. The van der Waals surface area contributed by atoms with E-state index in [4.69, 9.17) is 5.73 Å². The Bertz CT molecular complexity index is 560. The molecule has 1 nitrogen and oxygen atoms in total. The molecule has 1 atom stereocenters. The standard InChI is InChI=1S/C13H9F4N/c14-9-4-2-1-3-8(9)13(18)7-5-10(15)12(17)11(16)6-7/h1-6,13H,18H2. The summed E-state index contributed by atoms with van der Waals surface area (Å²) in [5.41, 5.74) is 5.76. The average molecular weight is 255 g/mol. The highest BCUT2D eigenvalue weighted by Gasteiger charge is 2.18. The molecule has 2 aromatic rings. The Balaban J connectivity index is 2.47. The van der Waals surface area contributed by atoms with Crippen molar-refractivity contribution >= 4 is 0 Å². The van der Waals surface area contributed by atoms with E-state index in [1.807, 2.05) is 0 Å². The monoisotopic (exact) mass is 255 g/mol. The van der Waals surface area contributed by atoms with Gasteiger partial charge in [0.05, 0.1) is 6.04 Å². The quantitative estimate of drug-likeness (QED) is 0.646. The largest absolute Gasteiger partial charge is 0.320 e. The molecule has 0 amide bonds. The second-order valence-electron chi connectivity index (χ2n) is 3.80. The maximum Gasteiger partial charge on any atom is 0.194 e. The van der Waals surface area contributed by atoms with Gasteiger partial charge in [-0.25, -0.2) is 17.6 Å². The van der Waals surface area contributed by atoms with Crippen molar-refractivity contribution in [2.24, 2.45) is 5.73 Å². The van der Waals surface area contributed by atoms with Crippen LogP contribution in [-0.2, 0) is 0 Å². The molecule has 0 radical (unpaired) electrons. The number of nitrogens with two attached hydrogens (primary N) is 1. The lowest BCUT2D eigenvalue weighted by Gasteiger charge is -2.13. The lowest BCUT2D eigenvalue weighted by Crippen LogP contribution is -2.14. The first-order valence-corrected chi connectivity index (χ1v) is 5.15. The Morgan fingerprint density at radius 2 is 1.39 bits per heavy atom. The summed E-state index contributed by atoms with van der Waals surface area (Å²) in [6.07, 6.45) is 0. The maximum absolute atomic E-state index is 13.5. The van der Waals surface area contributed by atoms with E-state index in [1.54, 1.807) is 6.07 Å². The zero-order valence-electron chi connectivity index (χ0n) is 9.13. The van der Waals surface area contributed by atoms with E-state index < -0.39 is 29.3 Å². The summed E-state index contributed by atoms with van der Waals surface area (Å²) in [5.74, 6) is -4.86. The molecule has 1 unspecified atom stereocenters. The van der Waals surface area contributed by atoms with Gasteiger partial charge in [0.1, 0.15) is 5.82 Å². The zero-order valence-corrected chi connectivity index (χ0v) is 9.13. The summed E-state index contributed by atoms with van der Waals surface area (Å²) < 4.78 is 52.4. The van der Waals surface area contributed by atoms with Gasteiger partial charge in [0.2, 0.25) is 0 Å². The summed E-state index contributed by atoms with van der Waals surface area (Å²) in [4.78, 5) is 0. The van der Waals surface area contributed by atoms with E-state index in [0.717, 1.165) is 12.1 Å². The van der Waals surface area contributed by atoms with Crippen LogP contribution >= 0.6 is 0 Å². The Kier molecular flexibility index (Phi) is 3.34. The van der Waals surface area contributed by atoms with E-state index in [1.165, 1.54) is 18.2 Å². The van der Waals surface area contributed by atoms with Crippen LogP contribution in [0.4, 0.5) is 17.6 Å². The van der Waals surface area contributed by atoms with Crippen LogP contribution in [0.3, 0.4) is 0 Å². The van der Waals surface area contributed by atoms with Crippen LogP contribution in [0.5, 0.6) is 0 Å². The van der Waals surface area contributed by atoms with Crippen molar-refractivity contribution in [1.29, 1.82) is 0 Å². The Morgan fingerprint density at radius 1 is 0.833 bits per heavy atom. The molecule has 0 aliphatic carbocycles. The van der Waals surface area contributed by atoms with Crippen molar-refractivity contribution in [3.05, 3.63) is 70.8 Å². The van der Waals surface area contributed by atoms with E-state index in [-0.39, 0.29) is 11.1 Å². The van der Waals surface area contributed by atoms with Gasteiger partial charge in [-0.15, -0.1) is 0 Å². The van der Waals surface area contributed by atoms with Crippen LogP contribution in [-0.4, -0.2) is 0 Å². The SMILES string of the molecule is NC(c1cc(F)c(F)c(F)c1)c1ccccc1F. The normalized spacial score (nSPS) is 12.5. The van der Waals surface area contributed by atoms with Crippen molar-refractivity contribution in [1.82, 2.24) is 0 Å². The third-order valence-electron chi connectivity index (χ3n) is 2.61. The molecular weight excluding hydrogens is 246 g/mol. The van der Waals surface area contributed by atoms with E-state index in [9.17, 15) is 17.6 Å². The summed E-state index contributed by atoms with van der Waals surface area (Å²) in [7, 11) is 0. The molecule has 0 saturated carbocycles. The summed E-state index contributed by atoms with van der Waals surface area (Å²) in [5, 5.41) is 0. The lowest BCUT2D eigenvalue weighted by atomic mass is 9.99. The molecule has 0 aliphatic rings. The van der Waals surface area contributed by atoms with Crippen molar-refractivity contribution in [2.75, 3.05) is 0 Å². The zero-order chi connectivity index (χ0) is 13.3. The van der Waals surface area contributed by atoms with E-state index in [0.29, 0.717) is 0 Å². The molecule has 0 aromatic heterocycles. The number of hydrogen-bond donors (Lipinski definition) is 1. The minimum atomic E-state index is -1.57. The van der Waals surface area contributed by atoms with Gasteiger partial charge in [0, 0.05) is 5.56 Å². The molecule has 2 rings (SSSR count).